The number of rotatable bonds is 5. The molecule has 1 aromatic carbocycles. The first-order valence-corrected chi connectivity index (χ1v) is 7.97. The fourth-order valence-corrected chi connectivity index (χ4v) is 3.30. The molecule has 1 fully saturated rings. The highest BCUT2D eigenvalue weighted by Gasteiger charge is 2.38. The van der Waals surface area contributed by atoms with Crippen molar-refractivity contribution in [2.45, 2.75) is 58.2 Å². The van der Waals surface area contributed by atoms with Gasteiger partial charge in [0.15, 0.2) is 0 Å². The maximum absolute atomic E-state index is 14.0. The number of piperazine rings is 1. The first kappa shape index (κ1) is 16.4. The molecule has 0 aromatic heterocycles. The van der Waals surface area contributed by atoms with E-state index in [0.717, 1.165) is 32.4 Å². The third-order valence-corrected chi connectivity index (χ3v) is 5.05. The second-order valence-corrected chi connectivity index (χ2v) is 6.00. The van der Waals surface area contributed by atoms with Crippen LogP contribution in [0.3, 0.4) is 0 Å². The molecule has 0 aliphatic carbocycles. The lowest BCUT2D eigenvalue weighted by Crippen LogP contribution is -2.63. The van der Waals surface area contributed by atoms with Crippen LogP contribution in [-0.2, 0) is 6.54 Å². The van der Waals surface area contributed by atoms with Gasteiger partial charge in [0.2, 0.25) is 0 Å². The first-order valence-electron chi connectivity index (χ1n) is 7.97. The number of halogens is 2. The van der Waals surface area contributed by atoms with Crippen molar-refractivity contribution in [3.63, 3.8) is 0 Å². The normalized spacial score (nSPS) is 22.4. The smallest absolute Gasteiger partial charge is 0.130 e. The number of nitrogens with one attached hydrogen (secondary N) is 1. The van der Waals surface area contributed by atoms with E-state index in [2.05, 4.69) is 31.0 Å². The van der Waals surface area contributed by atoms with Crippen molar-refractivity contribution in [2.24, 2.45) is 0 Å². The maximum atomic E-state index is 14.0. The Bertz CT molecular complexity index is 452. The van der Waals surface area contributed by atoms with E-state index in [1.165, 1.54) is 18.2 Å². The molecule has 0 bridgehead atoms. The van der Waals surface area contributed by atoms with E-state index in [0.29, 0.717) is 12.6 Å². The molecule has 2 rings (SSSR count). The minimum atomic E-state index is -0.442. The molecule has 21 heavy (non-hydrogen) atoms. The van der Waals surface area contributed by atoms with E-state index < -0.39 is 11.6 Å². The van der Waals surface area contributed by atoms with Crippen molar-refractivity contribution in [1.29, 1.82) is 0 Å². The van der Waals surface area contributed by atoms with Gasteiger partial charge in [-0.25, -0.2) is 8.78 Å². The number of nitrogens with zero attached hydrogens (tertiary/aromatic N) is 1. The summed E-state index contributed by atoms with van der Waals surface area (Å²) in [7, 11) is 0. The molecular formula is C17H26F2N2. The summed E-state index contributed by atoms with van der Waals surface area (Å²) in [5, 5.41) is 3.58. The average Bonchev–Trinajstić information content (AvgIpc) is 2.51. The van der Waals surface area contributed by atoms with Crippen LogP contribution < -0.4 is 5.32 Å². The third kappa shape index (κ3) is 3.27. The summed E-state index contributed by atoms with van der Waals surface area (Å²) < 4.78 is 27.9. The van der Waals surface area contributed by atoms with Crippen LogP contribution >= 0.6 is 0 Å². The molecular weight excluding hydrogens is 270 g/mol. The lowest BCUT2D eigenvalue weighted by Gasteiger charge is -2.49. The minimum absolute atomic E-state index is 0.0135. The lowest BCUT2D eigenvalue weighted by atomic mass is 9.86. The van der Waals surface area contributed by atoms with Crippen molar-refractivity contribution >= 4 is 0 Å². The zero-order valence-electron chi connectivity index (χ0n) is 13.3. The van der Waals surface area contributed by atoms with Crippen LogP contribution in [0.25, 0.3) is 0 Å². The van der Waals surface area contributed by atoms with Crippen molar-refractivity contribution in [2.75, 3.05) is 13.1 Å². The van der Waals surface area contributed by atoms with E-state index in [1.807, 2.05) is 0 Å². The molecule has 2 nitrogen and oxygen atoms in total. The molecule has 4 heteroatoms. The molecule has 1 saturated heterocycles. The number of hydrogen-bond acceptors (Lipinski definition) is 2. The quantitative estimate of drug-likeness (QED) is 0.891. The fourth-order valence-electron chi connectivity index (χ4n) is 3.30. The van der Waals surface area contributed by atoms with Crippen molar-refractivity contribution in [1.82, 2.24) is 10.2 Å². The second-order valence-electron chi connectivity index (χ2n) is 6.00. The molecule has 0 saturated carbocycles. The summed E-state index contributed by atoms with van der Waals surface area (Å²) in [6, 6.07) is 4.51. The van der Waals surface area contributed by atoms with Gasteiger partial charge in [-0.05, 0) is 31.4 Å². The van der Waals surface area contributed by atoms with Crippen LogP contribution in [0.1, 0.15) is 45.6 Å². The molecule has 1 N–H and O–H groups in total. The zero-order valence-corrected chi connectivity index (χ0v) is 13.3. The van der Waals surface area contributed by atoms with Gasteiger partial charge in [-0.2, -0.15) is 0 Å². The van der Waals surface area contributed by atoms with Gasteiger partial charge in [-0.3, -0.25) is 4.90 Å². The third-order valence-electron chi connectivity index (χ3n) is 5.05. The summed E-state index contributed by atoms with van der Waals surface area (Å²) in [6.07, 6.45) is 2.98. The van der Waals surface area contributed by atoms with Crippen molar-refractivity contribution in [3.8, 4) is 0 Å². The summed E-state index contributed by atoms with van der Waals surface area (Å²) in [6.45, 7) is 8.52. The van der Waals surface area contributed by atoms with E-state index in [-0.39, 0.29) is 11.1 Å². The van der Waals surface area contributed by atoms with Crippen LogP contribution in [0, 0.1) is 11.6 Å². The molecule has 1 aliphatic heterocycles. The first-order chi connectivity index (χ1) is 10.1. The van der Waals surface area contributed by atoms with Crippen LogP contribution in [0.4, 0.5) is 8.78 Å². The van der Waals surface area contributed by atoms with Gasteiger partial charge in [-0.1, -0.05) is 26.8 Å². The van der Waals surface area contributed by atoms with E-state index in [1.54, 1.807) is 0 Å². The Morgan fingerprint density at radius 1 is 1.19 bits per heavy atom. The summed E-state index contributed by atoms with van der Waals surface area (Å²) >= 11 is 0. The largest absolute Gasteiger partial charge is 0.311 e. The fraction of sp³-hybridized carbons (Fsp3) is 0.647. The molecule has 118 valence electrons. The van der Waals surface area contributed by atoms with E-state index in [9.17, 15) is 8.78 Å². The molecule has 1 heterocycles. The molecule has 1 aromatic rings. The average molecular weight is 296 g/mol. The Balaban J connectivity index is 2.28. The van der Waals surface area contributed by atoms with Gasteiger partial charge >= 0.3 is 0 Å². The predicted octanol–water partition coefficient (Wildman–Crippen LogP) is 3.71. The SMILES string of the molecule is CCC1CN(Cc2c(F)cccc2F)C(CC)(CC)CN1. The second kappa shape index (κ2) is 6.84. The Hall–Kier alpha value is -1.00. The number of benzene rings is 1. The highest BCUT2D eigenvalue weighted by molar-refractivity contribution is 5.20. The molecule has 0 amide bonds. The van der Waals surface area contributed by atoms with Gasteiger partial charge in [-0.15, -0.1) is 0 Å². The van der Waals surface area contributed by atoms with Crippen LogP contribution in [0.15, 0.2) is 18.2 Å². The van der Waals surface area contributed by atoms with Crippen molar-refractivity contribution in [3.05, 3.63) is 35.4 Å². The van der Waals surface area contributed by atoms with Gasteiger partial charge in [0, 0.05) is 36.8 Å². The minimum Gasteiger partial charge on any atom is -0.311 e. The molecule has 1 unspecified atom stereocenters. The van der Waals surface area contributed by atoms with E-state index >= 15 is 0 Å². The lowest BCUT2D eigenvalue weighted by molar-refractivity contribution is 0.0221. The van der Waals surface area contributed by atoms with Gasteiger partial charge in [0.1, 0.15) is 11.6 Å². The molecule has 1 aliphatic rings. The Kier molecular flexibility index (Phi) is 5.33. The Morgan fingerprint density at radius 3 is 2.33 bits per heavy atom. The van der Waals surface area contributed by atoms with Gasteiger partial charge in [0.25, 0.3) is 0 Å². The molecule has 0 spiro atoms. The highest BCUT2D eigenvalue weighted by Crippen LogP contribution is 2.30. The molecule has 0 radical (unpaired) electrons. The standard InChI is InChI=1S/C17H26F2N2/c1-4-13-10-21(17(5-2,6-3)12-20-13)11-14-15(18)8-7-9-16(14)19/h7-9,13,20H,4-6,10-12H2,1-3H3. The summed E-state index contributed by atoms with van der Waals surface area (Å²) in [5.41, 5.74) is 0.181. The summed E-state index contributed by atoms with van der Waals surface area (Å²) in [4.78, 5) is 2.28. The Morgan fingerprint density at radius 2 is 1.81 bits per heavy atom. The van der Waals surface area contributed by atoms with E-state index in [4.69, 9.17) is 0 Å². The van der Waals surface area contributed by atoms with Gasteiger partial charge < -0.3 is 5.32 Å². The summed E-state index contributed by atoms with van der Waals surface area (Å²) in [5.74, 6) is -0.884. The predicted molar refractivity (Wildman–Crippen MR) is 82.2 cm³/mol. The maximum Gasteiger partial charge on any atom is 0.130 e. The van der Waals surface area contributed by atoms with Crippen molar-refractivity contribution < 1.29 is 8.78 Å². The topological polar surface area (TPSA) is 15.3 Å². The van der Waals surface area contributed by atoms with Crippen LogP contribution in [0.5, 0.6) is 0 Å². The van der Waals surface area contributed by atoms with Gasteiger partial charge in [0.05, 0.1) is 0 Å². The van der Waals surface area contributed by atoms with Crippen LogP contribution in [-0.4, -0.2) is 29.6 Å². The van der Waals surface area contributed by atoms with Crippen LogP contribution in [0.2, 0.25) is 0 Å². The zero-order chi connectivity index (χ0) is 15.5. The Labute approximate surface area is 126 Å². The molecule has 1 atom stereocenters. The highest BCUT2D eigenvalue weighted by atomic mass is 19.1. The number of hydrogen-bond donors (Lipinski definition) is 1. The monoisotopic (exact) mass is 296 g/mol.